The van der Waals surface area contributed by atoms with Crippen molar-refractivity contribution in [1.82, 2.24) is 0 Å². The fourth-order valence-corrected chi connectivity index (χ4v) is 2.91. The number of hydrogen-bond acceptors (Lipinski definition) is 2. The SMILES string of the molecule is C[C@@H](C(=O)Nc1ccc(F)cc1Cl)[NH+](C)Cc1cccs1. The molecular weight excluding hydrogens is 311 g/mol. The number of hydrogen-bond donors (Lipinski definition) is 2. The van der Waals surface area contributed by atoms with Crippen molar-refractivity contribution in [3.63, 3.8) is 0 Å². The van der Waals surface area contributed by atoms with Crippen LogP contribution in [0.15, 0.2) is 35.7 Å². The highest BCUT2D eigenvalue weighted by Crippen LogP contribution is 2.22. The monoisotopic (exact) mass is 327 g/mol. The van der Waals surface area contributed by atoms with Crippen LogP contribution in [0.5, 0.6) is 0 Å². The molecule has 0 spiro atoms. The van der Waals surface area contributed by atoms with Gasteiger partial charge >= 0.3 is 0 Å². The van der Waals surface area contributed by atoms with Gasteiger partial charge in [0.2, 0.25) is 0 Å². The van der Waals surface area contributed by atoms with Gasteiger partial charge in [-0.3, -0.25) is 4.79 Å². The van der Waals surface area contributed by atoms with Crippen molar-refractivity contribution in [2.45, 2.75) is 19.5 Å². The number of halogens is 2. The zero-order valence-corrected chi connectivity index (χ0v) is 13.4. The molecule has 0 fully saturated rings. The molecule has 1 aromatic heterocycles. The zero-order chi connectivity index (χ0) is 15.4. The van der Waals surface area contributed by atoms with E-state index in [9.17, 15) is 9.18 Å². The molecule has 1 aromatic carbocycles. The molecule has 2 rings (SSSR count). The van der Waals surface area contributed by atoms with Gasteiger partial charge in [-0.1, -0.05) is 17.7 Å². The van der Waals surface area contributed by atoms with Gasteiger partial charge in [-0.25, -0.2) is 4.39 Å². The molecule has 1 unspecified atom stereocenters. The normalized spacial score (nSPS) is 13.7. The van der Waals surface area contributed by atoms with Gasteiger partial charge in [-0.2, -0.15) is 0 Å². The highest BCUT2D eigenvalue weighted by Gasteiger charge is 2.23. The molecule has 0 aliphatic rings. The Hall–Kier alpha value is -1.43. The summed E-state index contributed by atoms with van der Waals surface area (Å²) in [6.45, 7) is 2.64. The molecule has 1 amide bonds. The summed E-state index contributed by atoms with van der Waals surface area (Å²) in [7, 11) is 1.97. The summed E-state index contributed by atoms with van der Waals surface area (Å²) in [4.78, 5) is 14.5. The van der Waals surface area contributed by atoms with E-state index in [2.05, 4.69) is 11.4 Å². The molecule has 0 radical (unpaired) electrons. The van der Waals surface area contributed by atoms with Gasteiger partial charge in [0.1, 0.15) is 12.4 Å². The summed E-state index contributed by atoms with van der Waals surface area (Å²) in [5.74, 6) is -0.566. The van der Waals surface area contributed by atoms with Crippen molar-refractivity contribution in [2.24, 2.45) is 0 Å². The Labute approximate surface area is 132 Å². The Balaban J connectivity index is 1.98. The molecular formula is C15H17ClFN2OS+. The largest absolute Gasteiger partial charge is 0.323 e. The summed E-state index contributed by atoms with van der Waals surface area (Å²) in [5.41, 5.74) is 0.429. The highest BCUT2D eigenvalue weighted by molar-refractivity contribution is 7.09. The van der Waals surface area contributed by atoms with Crippen LogP contribution in [0.4, 0.5) is 10.1 Å². The Kier molecular flexibility index (Phi) is 5.33. The summed E-state index contributed by atoms with van der Waals surface area (Å²) in [6, 6.07) is 7.73. The number of benzene rings is 1. The molecule has 0 bridgehead atoms. The lowest BCUT2D eigenvalue weighted by Crippen LogP contribution is -3.12. The maximum absolute atomic E-state index is 13.0. The lowest BCUT2D eigenvalue weighted by Gasteiger charge is -2.20. The number of carbonyl (C=O) groups excluding carboxylic acids is 1. The lowest BCUT2D eigenvalue weighted by molar-refractivity contribution is -0.907. The lowest BCUT2D eigenvalue weighted by atomic mass is 10.2. The van der Waals surface area contributed by atoms with Crippen LogP contribution in [0.1, 0.15) is 11.8 Å². The van der Waals surface area contributed by atoms with Gasteiger partial charge in [0.15, 0.2) is 6.04 Å². The molecule has 2 N–H and O–H groups in total. The predicted molar refractivity (Wildman–Crippen MR) is 84.4 cm³/mol. The third-order valence-electron chi connectivity index (χ3n) is 3.35. The molecule has 0 aliphatic carbocycles. The fourth-order valence-electron chi connectivity index (χ4n) is 1.90. The van der Waals surface area contributed by atoms with Crippen molar-refractivity contribution in [3.8, 4) is 0 Å². The quantitative estimate of drug-likeness (QED) is 0.869. The van der Waals surface area contributed by atoms with Crippen molar-refractivity contribution < 1.29 is 14.1 Å². The average Bonchev–Trinajstić information content (AvgIpc) is 2.93. The van der Waals surface area contributed by atoms with Crippen molar-refractivity contribution >= 4 is 34.5 Å². The standard InChI is InChI=1S/C15H16ClFN2OS/c1-10(19(2)9-12-4-3-7-21-12)15(20)18-14-6-5-11(17)8-13(14)16/h3-8,10H,9H2,1-2H3,(H,18,20)/p+1/t10-/m0/s1. The average molecular weight is 328 g/mol. The molecule has 1 heterocycles. The number of carbonyl (C=O) groups is 1. The first-order valence-corrected chi connectivity index (χ1v) is 7.83. The van der Waals surface area contributed by atoms with E-state index in [1.54, 1.807) is 11.3 Å². The molecule has 0 saturated heterocycles. The van der Waals surface area contributed by atoms with E-state index in [-0.39, 0.29) is 17.0 Å². The van der Waals surface area contributed by atoms with Crippen LogP contribution in [0.3, 0.4) is 0 Å². The highest BCUT2D eigenvalue weighted by atomic mass is 35.5. The van der Waals surface area contributed by atoms with E-state index in [1.807, 2.05) is 25.4 Å². The molecule has 0 aliphatic heterocycles. The van der Waals surface area contributed by atoms with Gasteiger partial charge in [0, 0.05) is 0 Å². The Morgan fingerprint density at radius 2 is 2.24 bits per heavy atom. The van der Waals surface area contributed by atoms with Crippen molar-refractivity contribution in [2.75, 3.05) is 12.4 Å². The third-order valence-corrected chi connectivity index (χ3v) is 4.54. The number of quaternary nitrogens is 1. The maximum Gasteiger partial charge on any atom is 0.282 e. The smallest absolute Gasteiger partial charge is 0.282 e. The second-order valence-electron chi connectivity index (χ2n) is 4.94. The topological polar surface area (TPSA) is 33.5 Å². The first-order chi connectivity index (χ1) is 9.97. The summed E-state index contributed by atoms with van der Waals surface area (Å²) in [5, 5.41) is 4.96. The summed E-state index contributed by atoms with van der Waals surface area (Å²) >= 11 is 7.59. The van der Waals surface area contributed by atoms with Crippen LogP contribution in [0.2, 0.25) is 5.02 Å². The van der Waals surface area contributed by atoms with Crippen LogP contribution >= 0.6 is 22.9 Å². The second-order valence-corrected chi connectivity index (χ2v) is 6.38. The maximum atomic E-state index is 13.0. The number of thiophene rings is 1. The van der Waals surface area contributed by atoms with E-state index in [1.165, 1.54) is 23.1 Å². The van der Waals surface area contributed by atoms with Gasteiger partial charge < -0.3 is 10.2 Å². The molecule has 0 saturated carbocycles. The van der Waals surface area contributed by atoms with Crippen LogP contribution < -0.4 is 10.2 Å². The Morgan fingerprint density at radius 1 is 1.48 bits per heavy atom. The summed E-state index contributed by atoms with van der Waals surface area (Å²) < 4.78 is 13.0. The first kappa shape index (κ1) is 15.9. The van der Waals surface area contributed by atoms with Crippen molar-refractivity contribution in [1.29, 1.82) is 0 Å². The van der Waals surface area contributed by atoms with Gasteiger partial charge in [-0.05, 0) is 36.6 Å². The third kappa shape index (κ3) is 4.27. The van der Waals surface area contributed by atoms with Crippen LogP contribution in [-0.2, 0) is 11.3 Å². The number of likely N-dealkylation sites (N-methyl/N-ethyl adjacent to an activating group) is 1. The number of anilines is 1. The number of rotatable bonds is 5. The van der Waals surface area contributed by atoms with Gasteiger partial charge in [0.25, 0.3) is 5.91 Å². The van der Waals surface area contributed by atoms with E-state index in [4.69, 9.17) is 11.6 Å². The molecule has 2 atom stereocenters. The van der Waals surface area contributed by atoms with E-state index in [0.29, 0.717) is 5.69 Å². The molecule has 3 nitrogen and oxygen atoms in total. The molecule has 21 heavy (non-hydrogen) atoms. The molecule has 112 valence electrons. The fraction of sp³-hybridized carbons (Fsp3) is 0.267. The van der Waals surface area contributed by atoms with E-state index in [0.717, 1.165) is 11.4 Å². The first-order valence-electron chi connectivity index (χ1n) is 6.58. The minimum Gasteiger partial charge on any atom is -0.323 e. The predicted octanol–water partition coefficient (Wildman–Crippen LogP) is 2.58. The Morgan fingerprint density at radius 3 is 2.86 bits per heavy atom. The molecule has 6 heteroatoms. The van der Waals surface area contributed by atoms with Crippen LogP contribution in [0, 0.1) is 5.82 Å². The van der Waals surface area contributed by atoms with E-state index < -0.39 is 5.82 Å². The number of amides is 1. The van der Waals surface area contributed by atoms with Gasteiger partial charge in [-0.15, -0.1) is 11.3 Å². The van der Waals surface area contributed by atoms with Crippen LogP contribution in [-0.4, -0.2) is 19.0 Å². The minimum absolute atomic E-state index is 0.141. The second kappa shape index (κ2) is 7.02. The van der Waals surface area contributed by atoms with Gasteiger partial charge in [0.05, 0.1) is 22.6 Å². The Bertz CT molecular complexity index is 618. The van der Waals surface area contributed by atoms with E-state index >= 15 is 0 Å². The zero-order valence-electron chi connectivity index (χ0n) is 11.8. The van der Waals surface area contributed by atoms with Crippen molar-refractivity contribution in [3.05, 3.63) is 51.4 Å². The number of nitrogens with one attached hydrogen (secondary N) is 2. The minimum atomic E-state index is -0.425. The molecule has 2 aromatic rings. The summed E-state index contributed by atoms with van der Waals surface area (Å²) in [6.07, 6.45) is 0. The van der Waals surface area contributed by atoms with Crippen LogP contribution in [0.25, 0.3) is 0 Å².